The van der Waals surface area contributed by atoms with Crippen molar-refractivity contribution in [2.45, 2.75) is 33.7 Å². The molecule has 0 saturated carbocycles. The maximum atomic E-state index is 12.5. The number of nitrogens with one attached hydrogen (secondary N) is 2. The number of nitrogens with zero attached hydrogens (tertiary/aromatic N) is 2. The number of hydrogen-bond donors (Lipinski definition) is 2. The highest BCUT2D eigenvalue weighted by atomic mass is 16.2. The molecule has 3 rings (SSSR count). The van der Waals surface area contributed by atoms with Gasteiger partial charge in [-0.25, -0.2) is 4.68 Å². The first-order valence-electron chi connectivity index (χ1n) is 9.78. The third kappa shape index (κ3) is 5.10. The van der Waals surface area contributed by atoms with E-state index in [9.17, 15) is 9.59 Å². The van der Waals surface area contributed by atoms with Gasteiger partial charge in [0.15, 0.2) is 5.69 Å². The van der Waals surface area contributed by atoms with Crippen molar-refractivity contribution in [3.05, 3.63) is 77.6 Å². The van der Waals surface area contributed by atoms with E-state index in [2.05, 4.69) is 15.7 Å². The Bertz CT molecular complexity index is 995. The average molecular weight is 390 g/mol. The lowest BCUT2D eigenvalue weighted by atomic mass is 10.1. The van der Waals surface area contributed by atoms with Crippen LogP contribution in [0.1, 0.15) is 42.0 Å². The number of carbonyl (C=O) groups is 2. The Morgan fingerprint density at radius 3 is 2.55 bits per heavy atom. The highest BCUT2D eigenvalue weighted by molar-refractivity contribution is 5.93. The van der Waals surface area contributed by atoms with Crippen molar-refractivity contribution < 1.29 is 9.59 Å². The first-order valence-corrected chi connectivity index (χ1v) is 9.78. The van der Waals surface area contributed by atoms with Gasteiger partial charge in [-0.05, 0) is 49.2 Å². The molecule has 0 aliphatic carbocycles. The molecule has 6 heteroatoms. The highest BCUT2D eigenvalue weighted by Gasteiger charge is 2.14. The third-order valence-corrected chi connectivity index (χ3v) is 4.83. The molecule has 6 nitrogen and oxygen atoms in total. The molecule has 1 heterocycles. The van der Waals surface area contributed by atoms with Crippen molar-refractivity contribution in [1.82, 2.24) is 15.1 Å². The number of hydrogen-bond acceptors (Lipinski definition) is 3. The van der Waals surface area contributed by atoms with E-state index in [-0.39, 0.29) is 17.7 Å². The predicted octanol–water partition coefficient (Wildman–Crippen LogP) is 4.10. The molecule has 0 fully saturated rings. The molecular weight excluding hydrogens is 364 g/mol. The molecule has 3 aromatic rings. The predicted molar refractivity (Wildman–Crippen MR) is 114 cm³/mol. The maximum Gasteiger partial charge on any atom is 0.272 e. The summed E-state index contributed by atoms with van der Waals surface area (Å²) in [7, 11) is 0. The standard InChI is InChI=1S/C23H26N4O2/c1-4-16(2)22(28)25-19-10-8-9-18(14-19)15-24-23(29)21-13-17(3)27(26-21)20-11-6-5-7-12-20/h5-14,16H,4,15H2,1-3H3,(H,24,29)(H,25,28). The van der Waals surface area contributed by atoms with Crippen LogP contribution in [0.2, 0.25) is 0 Å². The van der Waals surface area contributed by atoms with Gasteiger partial charge in [-0.1, -0.05) is 44.2 Å². The summed E-state index contributed by atoms with van der Waals surface area (Å²) in [6.07, 6.45) is 0.788. The number of carbonyl (C=O) groups excluding carboxylic acids is 2. The normalized spacial score (nSPS) is 11.7. The van der Waals surface area contributed by atoms with Crippen LogP contribution in [0.3, 0.4) is 0 Å². The average Bonchev–Trinajstić information content (AvgIpc) is 3.14. The molecule has 2 amide bonds. The largest absolute Gasteiger partial charge is 0.347 e. The summed E-state index contributed by atoms with van der Waals surface area (Å²) in [5.74, 6) is -0.284. The second-order valence-corrected chi connectivity index (χ2v) is 7.10. The molecule has 0 radical (unpaired) electrons. The van der Waals surface area contributed by atoms with E-state index in [0.717, 1.165) is 29.1 Å². The Morgan fingerprint density at radius 1 is 1.07 bits per heavy atom. The van der Waals surface area contributed by atoms with Gasteiger partial charge in [0.2, 0.25) is 5.91 Å². The van der Waals surface area contributed by atoms with Gasteiger partial charge in [0.05, 0.1) is 5.69 Å². The third-order valence-electron chi connectivity index (χ3n) is 4.83. The summed E-state index contributed by atoms with van der Waals surface area (Å²) in [4.78, 5) is 24.6. The SMILES string of the molecule is CCC(C)C(=O)Nc1cccc(CNC(=O)c2cc(C)n(-c3ccccc3)n2)c1. The zero-order chi connectivity index (χ0) is 20.8. The summed E-state index contributed by atoms with van der Waals surface area (Å²) >= 11 is 0. The first-order chi connectivity index (χ1) is 14.0. The van der Waals surface area contributed by atoms with E-state index in [4.69, 9.17) is 0 Å². The number of rotatable bonds is 7. The summed E-state index contributed by atoms with van der Waals surface area (Å²) in [5.41, 5.74) is 3.79. The molecule has 2 aromatic carbocycles. The summed E-state index contributed by atoms with van der Waals surface area (Å²) in [5, 5.41) is 10.2. The summed E-state index contributed by atoms with van der Waals surface area (Å²) in [6.45, 7) is 6.15. The van der Waals surface area contributed by atoms with Crippen LogP contribution in [0, 0.1) is 12.8 Å². The zero-order valence-corrected chi connectivity index (χ0v) is 17.0. The van der Waals surface area contributed by atoms with Crippen LogP contribution in [0.5, 0.6) is 0 Å². The van der Waals surface area contributed by atoms with Gasteiger partial charge in [-0.15, -0.1) is 0 Å². The monoisotopic (exact) mass is 390 g/mol. The molecule has 0 bridgehead atoms. The molecule has 0 aliphatic rings. The lowest BCUT2D eigenvalue weighted by molar-refractivity contribution is -0.119. The number of amides is 2. The zero-order valence-electron chi connectivity index (χ0n) is 17.0. The highest BCUT2D eigenvalue weighted by Crippen LogP contribution is 2.14. The molecule has 1 atom stereocenters. The fourth-order valence-electron chi connectivity index (χ4n) is 2.90. The maximum absolute atomic E-state index is 12.5. The Balaban J connectivity index is 1.64. The van der Waals surface area contributed by atoms with Crippen LogP contribution in [-0.4, -0.2) is 21.6 Å². The van der Waals surface area contributed by atoms with Crippen molar-refractivity contribution in [3.63, 3.8) is 0 Å². The van der Waals surface area contributed by atoms with E-state index < -0.39 is 0 Å². The number of aryl methyl sites for hydroxylation is 1. The van der Waals surface area contributed by atoms with Crippen molar-refractivity contribution in [2.24, 2.45) is 5.92 Å². The molecule has 1 unspecified atom stereocenters. The molecule has 0 spiro atoms. The van der Waals surface area contributed by atoms with Gasteiger partial charge in [-0.2, -0.15) is 5.10 Å². The lowest BCUT2D eigenvalue weighted by Gasteiger charge is -2.11. The summed E-state index contributed by atoms with van der Waals surface area (Å²) < 4.78 is 1.75. The van der Waals surface area contributed by atoms with Gasteiger partial charge in [0.25, 0.3) is 5.91 Å². The molecule has 0 saturated heterocycles. The first kappa shape index (κ1) is 20.3. The Morgan fingerprint density at radius 2 is 1.83 bits per heavy atom. The lowest BCUT2D eigenvalue weighted by Crippen LogP contribution is -2.23. The van der Waals surface area contributed by atoms with Gasteiger partial charge < -0.3 is 10.6 Å². The van der Waals surface area contributed by atoms with Crippen LogP contribution in [0.15, 0.2) is 60.7 Å². The van der Waals surface area contributed by atoms with Gasteiger partial charge in [0, 0.05) is 23.8 Å². The smallest absolute Gasteiger partial charge is 0.272 e. The number of aromatic nitrogens is 2. The number of benzene rings is 2. The van der Waals surface area contributed by atoms with Crippen LogP contribution in [0.25, 0.3) is 5.69 Å². The second kappa shape index (κ2) is 9.19. The topological polar surface area (TPSA) is 76.0 Å². The molecule has 0 aliphatic heterocycles. The fourth-order valence-corrected chi connectivity index (χ4v) is 2.90. The van der Waals surface area contributed by atoms with Crippen LogP contribution in [-0.2, 0) is 11.3 Å². The van der Waals surface area contributed by atoms with Crippen LogP contribution < -0.4 is 10.6 Å². The Hall–Kier alpha value is -3.41. The van der Waals surface area contributed by atoms with E-state index >= 15 is 0 Å². The molecular formula is C23H26N4O2. The second-order valence-electron chi connectivity index (χ2n) is 7.10. The van der Waals surface area contributed by atoms with E-state index in [0.29, 0.717) is 12.2 Å². The Labute approximate surface area is 170 Å². The van der Waals surface area contributed by atoms with Crippen molar-refractivity contribution in [3.8, 4) is 5.69 Å². The van der Waals surface area contributed by atoms with Gasteiger partial charge in [-0.3, -0.25) is 9.59 Å². The molecule has 150 valence electrons. The van der Waals surface area contributed by atoms with Gasteiger partial charge >= 0.3 is 0 Å². The van der Waals surface area contributed by atoms with Crippen LogP contribution in [0.4, 0.5) is 5.69 Å². The van der Waals surface area contributed by atoms with Crippen molar-refractivity contribution >= 4 is 17.5 Å². The molecule has 1 aromatic heterocycles. The van der Waals surface area contributed by atoms with E-state index in [1.807, 2.05) is 75.4 Å². The summed E-state index contributed by atoms with van der Waals surface area (Å²) in [6, 6.07) is 19.0. The number of anilines is 1. The minimum atomic E-state index is -0.239. The van der Waals surface area contributed by atoms with Gasteiger partial charge in [0.1, 0.15) is 0 Å². The molecule has 2 N–H and O–H groups in total. The molecule has 29 heavy (non-hydrogen) atoms. The van der Waals surface area contributed by atoms with Crippen LogP contribution >= 0.6 is 0 Å². The fraction of sp³-hybridized carbons (Fsp3) is 0.261. The van der Waals surface area contributed by atoms with Crippen molar-refractivity contribution in [1.29, 1.82) is 0 Å². The minimum Gasteiger partial charge on any atom is -0.347 e. The Kier molecular flexibility index (Phi) is 6.44. The quantitative estimate of drug-likeness (QED) is 0.638. The van der Waals surface area contributed by atoms with Crippen molar-refractivity contribution in [2.75, 3.05) is 5.32 Å². The minimum absolute atomic E-state index is 0.00406. The van der Waals surface area contributed by atoms with E-state index in [1.54, 1.807) is 10.7 Å². The number of para-hydroxylation sites is 1. The van der Waals surface area contributed by atoms with E-state index in [1.165, 1.54) is 0 Å².